The van der Waals surface area contributed by atoms with Crippen molar-refractivity contribution in [2.75, 3.05) is 0 Å². The summed E-state index contributed by atoms with van der Waals surface area (Å²) >= 11 is 2.20. The first kappa shape index (κ1) is 8.97. The molecule has 1 aromatic rings. The van der Waals surface area contributed by atoms with E-state index in [1.165, 1.54) is 5.56 Å². The van der Waals surface area contributed by atoms with E-state index in [2.05, 4.69) is 34.7 Å². The maximum Gasteiger partial charge on any atom is 0.100 e. The van der Waals surface area contributed by atoms with Gasteiger partial charge in [-0.05, 0) is 58.7 Å². The number of fused-ring (bicyclic) bond motifs is 1. The van der Waals surface area contributed by atoms with Crippen LogP contribution in [0.3, 0.4) is 0 Å². The monoisotopic (exact) mass is 284 g/mol. The van der Waals surface area contributed by atoms with Crippen LogP contribution in [-0.2, 0) is 6.42 Å². The van der Waals surface area contributed by atoms with Crippen molar-refractivity contribution in [1.82, 2.24) is 0 Å². The van der Waals surface area contributed by atoms with Crippen LogP contribution in [0.2, 0.25) is 0 Å². The van der Waals surface area contributed by atoms with Gasteiger partial charge in [0.1, 0.15) is 6.07 Å². The smallest absolute Gasteiger partial charge is 0.100 e. The molecule has 0 radical (unpaired) electrons. The van der Waals surface area contributed by atoms with Gasteiger partial charge in [-0.15, -0.1) is 0 Å². The molecule has 0 saturated heterocycles. The Kier molecular flexibility index (Phi) is 2.26. The predicted octanol–water partition coefficient (Wildman–Crippen LogP) is 2.11. The van der Waals surface area contributed by atoms with Crippen LogP contribution in [0.4, 0.5) is 0 Å². The number of rotatable bonds is 0. The van der Waals surface area contributed by atoms with E-state index in [4.69, 9.17) is 11.0 Å². The highest BCUT2D eigenvalue weighted by Gasteiger charge is 2.20. The summed E-state index contributed by atoms with van der Waals surface area (Å²) in [6, 6.07) is 6.34. The molecule has 0 bridgehead atoms. The molecule has 0 amide bonds. The molecular formula is C10H9IN2. The number of benzene rings is 1. The van der Waals surface area contributed by atoms with Crippen LogP contribution >= 0.6 is 22.6 Å². The lowest BCUT2D eigenvalue weighted by Gasteiger charge is -2.05. The average molecular weight is 284 g/mol. The van der Waals surface area contributed by atoms with Crippen LogP contribution in [0.15, 0.2) is 12.1 Å². The molecule has 3 heteroatoms. The largest absolute Gasteiger partial charge is 0.324 e. The highest BCUT2D eigenvalue weighted by molar-refractivity contribution is 14.1. The molecule has 0 heterocycles. The molecule has 0 aliphatic heterocycles. The molecule has 2 N–H and O–H groups in total. The molecule has 0 unspecified atom stereocenters. The second-order valence-corrected chi connectivity index (χ2v) is 4.45. The zero-order chi connectivity index (χ0) is 9.42. The number of hydrogen-bond donors (Lipinski definition) is 1. The minimum atomic E-state index is 0.138. The third-order valence-electron chi connectivity index (χ3n) is 2.47. The number of aryl methyl sites for hydroxylation is 1. The standard InChI is InChI=1S/C10H9IN2/c11-9-4-6-1-2-10(13)8(6)3-7(9)5-12/h3-4,10H,1-2,13H2/t10-/m0/s1. The molecule has 66 valence electrons. The Morgan fingerprint density at radius 1 is 1.54 bits per heavy atom. The van der Waals surface area contributed by atoms with Crippen LogP contribution in [0, 0.1) is 14.9 Å². The predicted molar refractivity (Wildman–Crippen MR) is 59.1 cm³/mol. The lowest BCUT2D eigenvalue weighted by Crippen LogP contribution is -2.05. The Morgan fingerprint density at radius 2 is 2.31 bits per heavy atom. The SMILES string of the molecule is N#Cc1cc2c(cc1I)CC[C@@H]2N. The summed E-state index contributed by atoms with van der Waals surface area (Å²) in [5.41, 5.74) is 9.13. The number of hydrogen-bond acceptors (Lipinski definition) is 2. The second kappa shape index (κ2) is 3.28. The topological polar surface area (TPSA) is 49.8 Å². The molecule has 1 aliphatic rings. The van der Waals surface area contributed by atoms with Gasteiger partial charge in [-0.1, -0.05) is 0 Å². The van der Waals surface area contributed by atoms with E-state index >= 15 is 0 Å². The Morgan fingerprint density at radius 3 is 3.00 bits per heavy atom. The summed E-state index contributed by atoms with van der Waals surface area (Å²) in [4.78, 5) is 0. The number of nitriles is 1. The molecule has 0 aromatic heterocycles. The lowest BCUT2D eigenvalue weighted by atomic mass is 10.1. The first-order valence-electron chi connectivity index (χ1n) is 4.20. The Hall–Kier alpha value is -0.600. The molecule has 1 aliphatic carbocycles. The molecule has 1 atom stereocenters. The van der Waals surface area contributed by atoms with E-state index in [1.807, 2.05) is 6.07 Å². The number of halogens is 1. The fraction of sp³-hybridized carbons (Fsp3) is 0.300. The second-order valence-electron chi connectivity index (χ2n) is 3.29. The highest BCUT2D eigenvalue weighted by atomic mass is 127. The molecule has 13 heavy (non-hydrogen) atoms. The van der Waals surface area contributed by atoms with Gasteiger partial charge in [-0.2, -0.15) is 5.26 Å². The van der Waals surface area contributed by atoms with Gasteiger partial charge in [0.25, 0.3) is 0 Å². The van der Waals surface area contributed by atoms with Crippen LogP contribution in [-0.4, -0.2) is 0 Å². The summed E-state index contributed by atoms with van der Waals surface area (Å²) in [5, 5.41) is 8.84. The number of nitrogens with two attached hydrogens (primary N) is 1. The van der Waals surface area contributed by atoms with Crippen molar-refractivity contribution in [3.8, 4) is 6.07 Å². The molecule has 2 nitrogen and oxygen atoms in total. The highest BCUT2D eigenvalue weighted by Crippen LogP contribution is 2.31. The Labute approximate surface area is 90.9 Å². The quantitative estimate of drug-likeness (QED) is 0.742. The Bertz CT molecular complexity index is 393. The van der Waals surface area contributed by atoms with E-state index in [-0.39, 0.29) is 6.04 Å². The van der Waals surface area contributed by atoms with Crippen molar-refractivity contribution in [3.05, 3.63) is 32.4 Å². The fourth-order valence-corrected chi connectivity index (χ4v) is 2.40. The van der Waals surface area contributed by atoms with Gasteiger partial charge in [0.05, 0.1) is 5.56 Å². The number of nitrogens with zero attached hydrogens (tertiary/aromatic N) is 1. The average Bonchev–Trinajstić information content (AvgIpc) is 2.46. The summed E-state index contributed by atoms with van der Waals surface area (Å²) in [6.07, 6.45) is 2.07. The molecule has 2 rings (SSSR count). The van der Waals surface area contributed by atoms with Gasteiger partial charge >= 0.3 is 0 Å². The van der Waals surface area contributed by atoms with E-state index < -0.39 is 0 Å². The summed E-state index contributed by atoms with van der Waals surface area (Å²) < 4.78 is 1.04. The van der Waals surface area contributed by atoms with E-state index in [1.54, 1.807) is 0 Å². The zero-order valence-electron chi connectivity index (χ0n) is 7.05. The van der Waals surface area contributed by atoms with Gasteiger partial charge in [0.2, 0.25) is 0 Å². The van der Waals surface area contributed by atoms with Gasteiger partial charge in [-0.25, -0.2) is 0 Å². The molecule has 0 saturated carbocycles. The third-order valence-corrected chi connectivity index (χ3v) is 3.37. The van der Waals surface area contributed by atoms with E-state index in [9.17, 15) is 0 Å². The van der Waals surface area contributed by atoms with Gasteiger partial charge in [0.15, 0.2) is 0 Å². The Balaban J connectivity index is 2.59. The maximum atomic E-state index is 8.84. The molecule has 1 aromatic carbocycles. The molecule has 0 spiro atoms. The lowest BCUT2D eigenvalue weighted by molar-refractivity contribution is 0.713. The normalized spacial score (nSPS) is 19.6. The van der Waals surface area contributed by atoms with Crippen molar-refractivity contribution in [3.63, 3.8) is 0 Å². The van der Waals surface area contributed by atoms with Crippen LogP contribution < -0.4 is 5.73 Å². The van der Waals surface area contributed by atoms with Crippen molar-refractivity contribution in [2.24, 2.45) is 5.73 Å². The maximum absolute atomic E-state index is 8.84. The molecule has 0 fully saturated rings. The fourth-order valence-electron chi connectivity index (χ4n) is 1.75. The third kappa shape index (κ3) is 1.45. The van der Waals surface area contributed by atoms with Crippen LogP contribution in [0.5, 0.6) is 0 Å². The van der Waals surface area contributed by atoms with Crippen LogP contribution in [0.1, 0.15) is 29.2 Å². The summed E-state index contributed by atoms with van der Waals surface area (Å²) in [7, 11) is 0. The van der Waals surface area contributed by atoms with Gasteiger partial charge < -0.3 is 5.73 Å². The van der Waals surface area contributed by atoms with Gasteiger partial charge in [-0.3, -0.25) is 0 Å². The van der Waals surface area contributed by atoms with Crippen molar-refractivity contribution < 1.29 is 0 Å². The van der Waals surface area contributed by atoms with Crippen molar-refractivity contribution in [1.29, 1.82) is 5.26 Å². The zero-order valence-corrected chi connectivity index (χ0v) is 9.21. The molecular weight excluding hydrogens is 275 g/mol. The van der Waals surface area contributed by atoms with Crippen molar-refractivity contribution >= 4 is 22.6 Å². The minimum Gasteiger partial charge on any atom is -0.324 e. The van der Waals surface area contributed by atoms with E-state index in [0.717, 1.165) is 27.5 Å². The minimum absolute atomic E-state index is 0.138. The van der Waals surface area contributed by atoms with E-state index in [0.29, 0.717) is 0 Å². The first-order chi connectivity index (χ1) is 6.22. The summed E-state index contributed by atoms with van der Waals surface area (Å²) in [5.74, 6) is 0. The van der Waals surface area contributed by atoms with Gasteiger partial charge in [0, 0.05) is 9.61 Å². The van der Waals surface area contributed by atoms with Crippen LogP contribution in [0.25, 0.3) is 0 Å². The van der Waals surface area contributed by atoms with Crippen molar-refractivity contribution in [2.45, 2.75) is 18.9 Å². The first-order valence-corrected chi connectivity index (χ1v) is 5.28. The summed E-state index contributed by atoms with van der Waals surface area (Å²) in [6.45, 7) is 0.